The Morgan fingerprint density at radius 1 is 1.44 bits per heavy atom. The molecular formula is C11H11F3OS. The van der Waals surface area contributed by atoms with Gasteiger partial charge in [0.15, 0.2) is 5.76 Å². The quantitative estimate of drug-likeness (QED) is 0.740. The molecule has 0 bridgehead atoms. The lowest BCUT2D eigenvalue weighted by atomic mass is 9.96. The van der Waals surface area contributed by atoms with E-state index in [-0.39, 0.29) is 12.2 Å². The Morgan fingerprint density at radius 2 is 2.19 bits per heavy atom. The smallest absolute Gasteiger partial charge is 0.253 e. The second kappa shape index (κ2) is 4.57. The summed E-state index contributed by atoms with van der Waals surface area (Å²) in [5, 5.41) is -0.816. The van der Waals surface area contributed by atoms with Crippen molar-refractivity contribution in [2.45, 2.75) is 18.1 Å². The number of alkyl halides is 2. The van der Waals surface area contributed by atoms with Crippen LogP contribution in [0.15, 0.2) is 34.9 Å². The summed E-state index contributed by atoms with van der Waals surface area (Å²) in [6, 6.07) is 0. The van der Waals surface area contributed by atoms with Gasteiger partial charge in [0, 0.05) is 12.2 Å². The maximum Gasteiger partial charge on any atom is 0.253 e. The summed E-state index contributed by atoms with van der Waals surface area (Å²) in [7, 11) is 1.40. The van der Waals surface area contributed by atoms with E-state index in [0.29, 0.717) is 11.3 Å². The summed E-state index contributed by atoms with van der Waals surface area (Å²) in [6.45, 7) is 0. The van der Waals surface area contributed by atoms with E-state index < -0.39 is 17.5 Å². The zero-order chi connectivity index (χ0) is 11.7. The van der Waals surface area contributed by atoms with Gasteiger partial charge in [-0.25, -0.2) is 13.2 Å². The summed E-state index contributed by atoms with van der Waals surface area (Å²) < 4.78 is 43.3. The Labute approximate surface area is 96.0 Å². The van der Waals surface area contributed by atoms with Gasteiger partial charge in [-0.05, 0) is 17.2 Å². The summed E-state index contributed by atoms with van der Waals surface area (Å²) in [4.78, 5) is 0. The van der Waals surface area contributed by atoms with Gasteiger partial charge in [0.2, 0.25) is 0 Å². The first kappa shape index (κ1) is 11.6. The second-order valence-corrected chi connectivity index (χ2v) is 4.79. The number of hydrogen-bond donors (Lipinski definition) is 0. The van der Waals surface area contributed by atoms with E-state index >= 15 is 0 Å². The van der Waals surface area contributed by atoms with Gasteiger partial charge in [0.25, 0.3) is 6.43 Å². The van der Waals surface area contributed by atoms with Gasteiger partial charge >= 0.3 is 0 Å². The van der Waals surface area contributed by atoms with Crippen LogP contribution in [0.5, 0.6) is 0 Å². The lowest BCUT2D eigenvalue weighted by molar-refractivity contribution is 0.157. The third-order valence-corrected chi connectivity index (χ3v) is 3.80. The molecule has 0 aromatic rings. The standard InChI is InChI=1S/C11H11F3OS/c1-15-9-3-7-5-16-10(11(13)14)4-6(7)2-8(9)12/h3-4,10-11H,2,5H2,1H3. The van der Waals surface area contributed by atoms with Gasteiger partial charge in [-0.15, -0.1) is 11.8 Å². The van der Waals surface area contributed by atoms with Gasteiger partial charge < -0.3 is 4.74 Å². The van der Waals surface area contributed by atoms with Gasteiger partial charge in [0.1, 0.15) is 5.83 Å². The maximum atomic E-state index is 13.4. The zero-order valence-corrected chi connectivity index (χ0v) is 9.49. The Hall–Kier alpha value is -0.840. The van der Waals surface area contributed by atoms with Crippen molar-refractivity contribution in [1.82, 2.24) is 0 Å². The molecule has 1 nitrogen and oxygen atoms in total. The number of halogens is 3. The molecule has 0 spiro atoms. The largest absolute Gasteiger partial charge is 0.494 e. The number of hydrogen-bond acceptors (Lipinski definition) is 2. The molecule has 1 unspecified atom stereocenters. The van der Waals surface area contributed by atoms with Crippen LogP contribution < -0.4 is 0 Å². The number of rotatable bonds is 2. The molecule has 1 aliphatic carbocycles. The van der Waals surface area contributed by atoms with E-state index in [0.717, 1.165) is 5.57 Å². The summed E-state index contributed by atoms with van der Waals surface area (Å²) in [5.74, 6) is 0.307. The summed E-state index contributed by atoms with van der Waals surface area (Å²) in [5.41, 5.74) is 1.56. The number of ether oxygens (including phenoxy) is 1. The third kappa shape index (κ3) is 2.14. The highest BCUT2D eigenvalue weighted by Crippen LogP contribution is 2.38. The van der Waals surface area contributed by atoms with Crippen LogP contribution in [0, 0.1) is 0 Å². The lowest BCUT2D eigenvalue weighted by Crippen LogP contribution is -2.19. The molecule has 0 saturated heterocycles. The Morgan fingerprint density at radius 3 is 2.81 bits per heavy atom. The molecular weight excluding hydrogens is 237 g/mol. The number of fused-ring (bicyclic) bond motifs is 1. The van der Waals surface area contributed by atoms with Crippen molar-refractivity contribution in [3.63, 3.8) is 0 Å². The van der Waals surface area contributed by atoms with Crippen molar-refractivity contribution < 1.29 is 17.9 Å². The normalized spacial score (nSPS) is 25.2. The molecule has 0 aromatic carbocycles. The second-order valence-electron chi connectivity index (χ2n) is 3.62. The van der Waals surface area contributed by atoms with Crippen molar-refractivity contribution in [3.8, 4) is 0 Å². The highest BCUT2D eigenvalue weighted by Gasteiger charge is 2.28. The third-order valence-electron chi connectivity index (χ3n) is 2.60. The summed E-state index contributed by atoms with van der Waals surface area (Å²) >= 11 is 1.18. The lowest BCUT2D eigenvalue weighted by Gasteiger charge is -2.25. The molecule has 0 aromatic heterocycles. The Balaban J connectivity index is 2.26. The molecule has 0 amide bonds. The molecule has 2 aliphatic rings. The van der Waals surface area contributed by atoms with Crippen molar-refractivity contribution >= 4 is 11.8 Å². The molecule has 0 fully saturated rings. The topological polar surface area (TPSA) is 9.23 Å². The predicted molar refractivity (Wildman–Crippen MR) is 58.2 cm³/mol. The maximum absolute atomic E-state index is 13.4. The van der Waals surface area contributed by atoms with Crippen LogP contribution >= 0.6 is 11.8 Å². The Kier molecular flexibility index (Phi) is 3.33. The highest BCUT2D eigenvalue weighted by atomic mass is 32.2. The fraction of sp³-hybridized carbons (Fsp3) is 0.455. The fourth-order valence-electron chi connectivity index (χ4n) is 1.74. The number of methoxy groups -OCH3 is 1. The van der Waals surface area contributed by atoms with E-state index in [4.69, 9.17) is 4.74 Å². The van der Waals surface area contributed by atoms with E-state index in [1.807, 2.05) is 0 Å². The monoisotopic (exact) mass is 248 g/mol. The van der Waals surface area contributed by atoms with Crippen LogP contribution in [0.1, 0.15) is 6.42 Å². The molecule has 1 heterocycles. The highest BCUT2D eigenvalue weighted by molar-refractivity contribution is 8.00. The predicted octanol–water partition coefficient (Wildman–Crippen LogP) is 3.45. The molecule has 5 heteroatoms. The first-order valence-electron chi connectivity index (χ1n) is 4.86. The number of allylic oxidation sites excluding steroid dienone is 3. The van der Waals surface area contributed by atoms with Crippen molar-refractivity contribution in [3.05, 3.63) is 34.9 Å². The molecule has 1 atom stereocenters. The van der Waals surface area contributed by atoms with Crippen LogP contribution in [0.2, 0.25) is 0 Å². The van der Waals surface area contributed by atoms with E-state index in [9.17, 15) is 13.2 Å². The average molecular weight is 248 g/mol. The molecule has 0 saturated carbocycles. The van der Waals surface area contributed by atoms with Gasteiger partial charge in [0.05, 0.1) is 12.4 Å². The number of thioether (sulfide) groups is 1. The van der Waals surface area contributed by atoms with Crippen LogP contribution in [-0.2, 0) is 4.74 Å². The van der Waals surface area contributed by atoms with Crippen LogP contribution in [0.25, 0.3) is 0 Å². The molecule has 16 heavy (non-hydrogen) atoms. The van der Waals surface area contributed by atoms with E-state index in [1.165, 1.54) is 24.9 Å². The molecule has 0 N–H and O–H groups in total. The fourth-order valence-corrected chi connectivity index (χ4v) is 2.79. The first-order chi connectivity index (χ1) is 7.61. The van der Waals surface area contributed by atoms with Gasteiger partial charge in [-0.2, -0.15) is 0 Å². The van der Waals surface area contributed by atoms with Crippen molar-refractivity contribution in [2.24, 2.45) is 0 Å². The van der Waals surface area contributed by atoms with Crippen molar-refractivity contribution in [1.29, 1.82) is 0 Å². The average Bonchev–Trinajstić information content (AvgIpc) is 2.27. The minimum absolute atomic E-state index is 0.0682. The zero-order valence-electron chi connectivity index (χ0n) is 8.67. The first-order valence-corrected chi connectivity index (χ1v) is 5.90. The van der Waals surface area contributed by atoms with E-state index in [2.05, 4.69) is 0 Å². The van der Waals surface area contributed by atoms with Crippen LogP contribution in [-0.4, -0.2) is 24.5 Å². The van der Waals surface area contributed by atoms with E-state index in [1.54, 1.807) is 6.08 Å². The van der Waals surface area contributed by atoms with Crippen molar-refractivity contribution in [2.75, 3.05) is 12.9 Å². The molecule has 1 aliphatic heterocycles. The molecule has 88 valence electrons. The van der Waals surface area contributed by atoms with Crippen LogP contribution in [0.3, 0.4) is 0 Å². The van der Waals surface area contributed by atoms with Gasteiger partial charge in [-0.1, -0.05) is 6.08 Å². The minimum atomic E-state index is -2.39. The summed E-state index contributed by atoms with van der Waals surface area (Å²) in [6.07, 6.45) is 0.740. The minimum Gasteiger partial charge on any atom is -0.494 e. The van der Waals surface area contributed by atoms with Gasteiger partial charge in [-0.3, -0.25) is 0 Å². The molecule has 0 radical (unpaired) electrons. The SMILES string of the molecule is COC1=C(F)CC2=CC(C(F)F)SCC2=C1. The van der Waals surface area contributed by atoms with Crippen LogP contribution in [0.4, 0.5) is 13.2 Å². The Bertz CT molecular complexity index is 385. The molecule has 2 rings (SSSR count).